The molecule has 1 radical (unpaired) electrons. The van der Waals surface area contributed by atoms with E-state index >= 15 is 0 Å². The third-order valence-corrected chi connectivity index (χ3v) is 1.72. The van der Waals surface area contributed by atoms with Gasteiger partial charge in [-0.05, 0) is 24.4 Å². The zero-order valence-corrected chi connectivity index (χ0v) is 6.33. The Morgan fingerprint density at radius 2 is 2.18 bits per heavy atom. The minimum atomic E-state index is 1.09. The summed E-state index contributed by atoms with van der Waals surface area (Å²) in [6.45, 7) is 2.07. The monoisotopic (exact) mass is 142 g/mol. The fourth-order valence-corrected chi connectivity index (χ4v) is 1.14. The molecule has 0 amide bonds. The molecule has 1 heteroatoms. The lowest BCUT2D eigenvalue weighted by Gasteiger charge is -1.95. The quantitative estimate of drug-likeness (QED) is 0.550. The smallest absolute Gasteiger partial charge is 0.0970 e. The van der Waals surface area contributed by atoms with Crippen LogP contribution in [0.5, 0.6) is 0 Å². The highest BCUT2D eigenvalue weighted by Gasteiger charge is 1.91. The van der Waals surface area contributed by atoms with Gasteiger partial charge in [-0.25, -0.2) is 0 Å². The summed E-state index contributed by atoms with van der Waals surface area (Å²) in [6, 6.07) is 8.26. The van der Waals surface area contributed by atoms with Crippen LogP contribution in [0.1, 0.15) is 5.56 Å². The molecule has 0 saturated heterocycles. The Balaban J connectivity index is 2.83. The van der Waals surface area contributed by atoms with Crippen molar-refractivity contribution in [1.82, 2.24) is 4.98 Å². The molecule has 0 fully saturated rings. The van der Waals surface area contributed by atoms with Crippen LogP contribution < -0.4 is 0 Å². The van der Waals surface area contributed by atoms with E-state index in [2.05, 4.69) is 36.3 Å². The fraction of sp³-hybridized carbons (Fsp3) is 0.100. The van der Waals surface area contributed by atoms with Gasteiger partial charge in [-0.2, -0.15) is 0 Å². The maximum Gasteiger partial charge on any atom is 0.0970 e. The van der Waals surface area contributed by atoms with Crippen LogP contribution in [-0.4, -0.2) is 4.98 Å². The van der Waals surface area contributed by atoms with Gasteiger partial charge in [0, 0.05) is 11.6 Å². The van der Waals surface area contributed by atoms with Crippen molar-refractivity contribution in [3.63, 3.8) is 0 Å². The van der Waals surface area contributed by atoms with Gasteiger partial charge in [-0.1, -0.05) is 17.7 Å². The molecule has 2 aromatic rings. The van der Waals surface area contributed by atoms with Gasteiger partial charge in [0.25, 0.3) is 0 Å². The molecule has 11 heavy (non-hydrogen) atoms. The Kier molecular flexibility index (Phi) is 1.35. The van der Waals surface area contributed by atoms with E-state index in [1.165, 1.54) is 10.9 Å². The molecule has 53 valence electrons. The minimum absolute atomic E-state index is 1.09. The molecule has 0 N–H and O–H groups in total. The van der Waals surface area contributed by atoms with E-state index in [1.807, 2.05) is 6.07 Å². The highest BCUT2D eigenvalue weighted by atomic mass is 14.6. The first-order chi connectivity index (χ1) is 5.36. The van der Waals surface area contributed by atoms with Crippen molar-refractivity contribution in [2.45, 2.75) is 6.92 Å². The second kappa shape index (κ2) is 2.35. The number of rotatable bonds is 0. The Morgan fingerprint density at radius 3 is 3.09 bits per heavy atom. The van der Waals surface area contributed by atoms with E-state index in [0.29, 0.717) is 0 Å². The molecule has 0 aliphatic heterocycles. The predicted octanol–water partition coefficient (Wildman–Crippen LogP) is 2.34. The van der Waals surface area contributed by atoms with E-state index in [4.69, 9.17) is 0 Å². The zero-order valence-electron chi connectivity index (χ0n) is 6.33. The van der Waals surface area contributed by atoms with Crippen LogP contribution in [0.4, 0.5) is 0 Å². The molecule has 0 spiro atoms. The van der Waals surface area contributed by atoms with E-state index in [9.17, 15) is 0 Å². The number of aromatic nitrogens is 1. The molecule has 1 aromatic carbocycles. The summed E-state index contributed by atoms with van der Waals surface area (Å²) in [5.74, 6) is 0. The molecule has 0 aliphatic rings. The first kappa shape index (κ1) is 6.35. The largest absolute Gasteiger partial charge is 0.254 e. The summed E-state index contributed by atoms with van der Waals surface area (Å²) >= 11 is 0. The lowest BCUT2D eigenvalue weighted by atomic mass is 10.1. The highest BCUT2D eigenvalue weighted by molar-refractivity contribution is 5.81. The van der Waals surface area contributed by atoms with Crippen LogP contribution in [0.15, 0.2) is 30.5 Å². The molecule has 1 heterocycles. The topological polar surface area (TPSA) is 12.9 Å². The van der Waals surface area contributed by atoms with Crippen molar-refractivity contribution in [2.75, 3.05) is 0 Å². The minimum Gasteiger partial charge on any atom is -0.254 e. The number of hydrogen-bond donors (Lipinski definition) is 0. The molecular formula is C10H8N. The highest BCUT2D eigenvalue weighted by Crippen LogP contribution is 2.12. The SMILES string of the molecule is Cc1ccc2ccn[c]c2c1. The second-order valence-electron chi connectivity index (χ2n) is 2.65. The number of benzene rings is 1. The molecule has 2 rings (SSSR count). The summed E-state index contributed by atoms with van der Waals surface area (Å²) in [4.78, 5) is 3.93. The number of hydrogen-bond acceptors (Lipinski definition) is 1. The number of aryl methyl sites for hydroxylation is 1. The summed E-state index contributed by atoms with van der Waals surface area (Å²) in [5, 5.41) is 2.29. The molecule has 1 nitrogen and oxygen atoms in total. The molecule has 0 unspecified atom stereocenters. The van der Waals surface area contributed by atoms with Gasteiger partial charge in [0.15, 0.2) is 0 Å². The van der Waals surface area contributed by atoms with Gasteiger partial charge in [0.1, 0.15) is 0 Å². The average Bonchev–Trinajstić information content (AvgIpc) is 2.04. The third-order valence-electron chi connectivity index (χ3n) is 1.72. The van der Waals surface area contributed by atoms with E-state index < -0.39 is 0 Å². The number of pyridine rings is 1. The zero-order chi connectivity index (χ0) is 7.68. The fourth-order valence-electron chi connectivity index (χ4n) is 1.14. The van der Waals surface area contributed by atoms with E-state index in [-0.39, 0.29) is 0 Å². The molecule has 1 aromatic heterocycles. The first-order valence-corrected chi connectivity index (χ1v) is 3.59. The lowest BCUT2D eigenvalue weighted by molar-refractivity contribution is 1.34. The van der Waals surface area contributed by atoms with Crippen molar-refractivity contribution in [2.24, 2.45) is 0 Å². The van der Waals surface area contributed by atoms with Gasteiger partial charge in [-0.15, -0.1) is 0 Å². The van der Waals surface area contributed by atoms with Crippen LogP contribution in [0.3, 0.4) is 0 Å². The normalized spacial score (nSPS) is 10.3. The van der Waals surface area contributed by atoms with Gasteiger partial charge in [0.05, 0.1) is 6.20 Å². The Hall–Kier alpha value is -1.37. The molecule has 0 saturated carbocycles. The molecule has 0 atom stereocenters. The van der Waals surface area contributed by atoms with Crippen LogP contribution in [0, 0.1) is 13.1 Å². The summed E-state index contributed by atoms with van der Waals surface area (Å²) in [5.41, 5.74) is 1.25. The second-order valence-corrected chi connectivity index (χ2v) is 2.65. The van der Waals surface area contributed by atoms with Crippen LogP contribution in [-0.2, 0) is 0 Å². The summed E-state index contributed by atoms with van der Waals surface area (Å²) in [7, 11) is 0. The van der Waals surface area contributed by atoms with Gasteiger partial charge >= 0.3 is 0 Å². The first-order valence-electron chi connectivity index (χ1n) is 3.59. The Bertz CT molecular complexity index is 379. The standard InChI is InChI=1S/C10H8N/c1-8-2-3-9-4-5-11-7-10(9)6-8/h2-6H,1H3. The van der Waals surface area contributed by atoms with E-state index in [1.54, 1.807) is 6.20 Å². The Labute approximate surface area is 65.7 Å². The van der Waals surface area contributed by atoms with Crippen LogP contribution in [0.2, 0.25) is 0 Å². The molecule has 0 bridgehead atoms. The number of fused-ring (bicyclic) bond motifs is 1. The third kappa shape index (κ3) is 1.09. The van der Waals surface area contributed by atoms with Gasteiger partial charge in [0.2, 0.25) is 0 Å². The molecule has 0 aliphatic carbocycles. The lowest BCUT2D eigenvalue weighted by Crippen LogP contribution is -1.76. The summed E-state index contributed by atoms with van der Waals surface area (Å²) in [6.07, 6.45) is 4.70. The van der Waals surface area contributed by atoms with Crippen molar-refractivity contribution >= 4 is 10.8 Å². The summed E-state index contributed by atoms with van der Waals surface area (Å²) < 4.78 is 0. The number of nitrogens with zero attached hydrogens (tertiary/aromatic N) is 1. The van der Waals surface area contributed by atoms with Crippen LogP contribution in [0.25, 0.3) is 10.8 Å². The van der Waals surface area contributed by atoms with E-state index in [0.717, 1.165) is 5.39 Å². The van der Waals surface area contributed by atoms with Crippen molar-refractivity contribution in [3.8, 4) is 0 Å². The van der Waals surface area contributed by atoms with Crippen LogP contribution >= 0.6 is 0 Å². The predicted molar refractivity (Wildman–Crippen MR) is 45.3 cm³/mol. The van der Waals surface area contributed by atoms with Crippen molar-refractivity contribution < 1.29 is 0 Å². The average molecular weight is 142 g/mol. The van der Waals surface area contributed by atoms with Gasteiger partial charge in [-0.3, -0.25) is 4.98 Å². The van der Waals surface area contributed by atoms with Crippen molar-refractivity contribution in [1.29, 1.82) is 0 Å². The maximum absolute atomic E-state index is 3.93. The Morgan fingerprint density at radius 1 is 1.27 bits per heavy atom. The van der Waals surface area contributed by atoms with Crippen molar-refractivity contribution in [3.05, 3.63) is 42.2 Å². The molecular weight excluding hydrogens is 134 g/mol. The van der Waals surface area contributed by atoms with Gasteiger partial charge < -0.3 is 0 Å². The maximum atomic E-state index is 3.93.